The zero-order valence-corrected chi connectivity index (χ0v) is 10.3. The van der Waals surface area contributed by atoms with E-state index in [0.29, 0.717) is 23.6 Å². The third-order valence-corrected chi connectivity index (χ3v) is 2.56. The van der Waals surface area contributed by atoms with Crippen molar-refractivity contribution >= 4 is 5.69 Å². The molecule has 5 nitrogen and oxygen atoms in total. The Morgan fingerprint density at radius 2 is 2.05 bits per heavy atom. The highest BCUT2D eigenvalue weighted by Crippen LogP contribution is 2.25. The molecule has 0 aliphatic carbocycles. The average molecular weight is 253 g/mol. The Labute approximate surface area is 110 Å². The van der Waals surface area contributed by atoms with E-state index in [-0.39, 0.29) is 5.76 Å². The summed E-state index contributed by atoms with van der Waals surface area (Å²) < 4.78 is 10.5. The quantitative estimate of drug-likeness (QED) is 0.905. The van der Waals surface area contributed by atoms with Gasteiger partial charge in [0.2, 0.25) is 5.76 Å². The highest BCUT2D eigenvalue weighted by molar-refractivity contribution is 5.59. The van der Waals surface area contributed by atoms with Gasteiger partial charge in [0.1, 0.15) is 17.6 Å². The van der Waals surface area contributed by atoms with Gasteiger partial charge in [-0.1, -0.05) is 0 Å². The summed E-state index contributed by atoms with van der Waals surface area (Å²) in [6.07, 6.45) is 0. The van der Waals surface area contributed by atoms with Crippen LogP contribution in [0.3, 0.4) is 0 Å². The van der Waals surface area contributed by atoms with Crippen molar-refractivity contribution in [3.05, 3.63) is 47.4 Å². The van der Waals surface area contributed by atoms with Crippen LogP contribution in [0.1, 0.15) is 17.1 Å². The third-order valence-electron chi connectivity index (χ3n) is 2.56. The lowest BCUT2D eigenvalue weighted by atomic mass is 10.2. The fraction of sp³-hybridized carbons (Fsp3) is 0.143. The Morgan fingerprint density at radius 3 is 2.68 bits per heavy atom. The Morgan fingerprint density at radius 1 is 1.21 bits per heavy atom. The second-order valence-corrected chi connectivity index (χ2v) is 3.76. The van der Waals surface area contributed by atoms with Gasteiger partial charge in [-0.15, -0.1) is 0 Å². The van der Waals surface area contributed by atoms with Crippen molar-refractivity contribution in [1.29, 1.82) is 10.5 Å². The molecule has 0 radical (unpaired) electrons. The maximum Gasteiger partial charge on any atom is 0.203 e. The molecule has 1 heterocycles. The predicted molar refractivity (Wildman–Crippen MR) is 68.5 cm³/mol. The molecule has 5 heteroatoms. The Bertz CT molecular complexity index is 662. The van der Waals surface area contributed by atoms with Crippen LogP contribution in [0.4, 0.5) is 5.69 Å². The zero-order valence-electron chi connectivity index (χ0n) is 10.3. The summed E-state index contributed by atoms with van der Waals surface area (Å²) in [5.74, 6) is 1.53. The number of nitrogens with one attached hydrogen (secondary N) is 1. The standard InChI is InChI=1S/C14H11N3O2/c1-18-14-6-10(7-15)2-5-13(14)17-9-12-4-3-11(8-16)19-12/h2-6,17H,9H2,1H3. The number of nitriles is 2. The normalized spacial score (nSPS) is 9.42. The molecule has 0 spiro atoms. The first-order valence-electron chi connectivity index (χ1n) is 5.57. The molecule has 0 aliphatic heterocycles. The second kappa shape index (κ2) is 5.61. The van der Waals surface area contributed by atoms with Crippen LogP contribution in [0.25, 0.3) is 0 Å². The number of hydrogen-bond acceptors (Lipinski definition) is 5. The van der Waals surface area contributed by atoms with Gasteiger partial charge in [-0.2, -0.15) is 10.5 Å². The smallest absolute Gasteiger partial charge is 0.203 e. The van der Waals surface area contributed by atoms with Crippen LogP contribution in [-0.2, 0) is 6.54 Å². The number of rotatable bonds is 4. The molecule has 19 heavy (non-hydrogen) atoms. The second-order valence-electron chi connectivity index (χ2n) is 3.76. The monoisotopic (exact) mass is 253 g/mol. The Kier molecular flexibility index (Phi) is 3.70. The van der Waals surface area contributed by atoms with Crippen molar-refractivity contribution in [2.45, 2.75) is 6.54 Å². The van der Waals surface area contributed by atoms with Crippen molar-refractivity contribution in [2.24, 2.45) is 0 Å². The van der Waals surface area contributed by atoms with Gasteiger partial charge >= 0.3 is 0 Å². The molecule has 1 N–H and O–H groups in total. The lowest BCUT2D eigenvalue weighted by molar-refractivity contribution is 0.416. The maximum atomic E-state index is 8.81. The SMILES string of the molecule is COc1cc(C#N)ccc1NCc1ccc(C#N)o1. The van der Waals surface area contributed by atoms with Crippen LogP contribution in [0.15, 0.2) is 34.7 Å². The molecule has 2 rings (SSSR count). The van der Waals surface area contributed by atoms with Crippen LogP contribution in [0, 0.1) is 22.7 Å². The molecular formula is C14H11N3O2. The molecule has 2 aromatic rings. The molecule has 0 amide bonds. The predicted octanol–water partition coefficient (Wildman–Crippen LogP) is 2.64. The molecule has 1 aromatic carbocycles. The topological polar surface area (TPSA) is 82.0 Å². The number of hydrogen-bond donors (Lipinski definition) is 1. The largest absolute Gasteiger partial charge is 0.495 e. The van der Waals surface area contributed by atoms with Crippen LogP contribution in [0.2, 0.25) is 0 Å². The summed E-state index contributed by atoms with van der Waals surface area (Å²) in [5.41, 5.74) is 1.29. The molecular weight excluding hydrogens is 242 g/mol. The highest BCUT2D eigenvalue weighted by atomic mass is 16.5. The summed E-state index contributed by atoms with van der Waals surface area (Å²) in [4.78, 5) is 0. The van der Waals surface area contributed by atoms with Gasteiger partial charge in [-0.3, -0.25) is 0 Å². The average Bonchev–Trinajstić information content (AvgIpc) is 2.92. The van der Waals surface area contributed by atoms with E-state index >= 15 is 0 Å². The molecule has 94 valence electrons. The van der Waals surface area contributed by atoms with Crippen molar-refractivity contribution in [3.8, 4) is 17.9 Å². The summed E-state index contributed by atoms with van der Waals surface area (Å²) in [6, 6.07) is 12.5. The van der Waals surface area contributed by atoms with Crippen molar-refractivity contribution in [3.63, 3.8) is 0 Å². The van der Waals surface area contributed by atoms with Crippen LogP contribution in [0.5, 0.6) is 5.75 Å². The van der Waals surface area contributed by atoms with E-state index in [4.69, 9.17) is 19.7 Å². The zero-order chi connectivity index (χ0) is 13.7. The molecule has 0 bridgehead atoms. The van der Waals surface area contributed by atoms with E-state index < -0.39 is 0 Å². The summed E-state index contributed by atoms with van der Waals surface area (Å²) in [5, 5.41) is 20.6. The van der Waals surface area contributed by atoms with Gasteiger partial charge < -0.3 is 14.5 Å². The number of anilines is 1. The summed E-state index contributed by atoms with van der Waals surface area (Å²) >= 11 is 0. The van der Waals surface area contributed by atoms with Crippen molar-refractivity contribution < 1.29 is 9.15 Å². The molecule has 0 atom stereocenters. The molecule has 0 aliphatic rings. The number of methoxy groups -OCH3 is 1. The van der Waals surface area contributed by atoms with Crippen LogP contribution < -0.4 is 10.1 Å². The van der Waals surface area contributed by atoms with E-state index in [1.807, 2.05) is 6.07 Å². The van der Waals surface area contributed by atoms with E-state index in [0.717, 1.165) is 5.69 Å². The third kappa shape index (κ3) is 2.85. The fourth-order valence-electron chi connectivity index (χ4n) is 1.62. The van der Waals surface area contributed by atoms with Crippen LogP contribution >= 0.6 is 0 Å². The van der Waals surface area contributed by atoms with Crippen LogP contribution in [-0.4, -0.2) is 7.11 Å². The lowest BCUT2D eigenvalue weighted by Crippen LogP contribution is -2.00. The summed E-state index contributed by atoms with van der Waals surface area (Å²) in [6.45, 7) is 0.434. The Balaban J connectivity index is 2.11. The molecule has 0 unspecified atom stereocenters. The van der Waals surface area contributed by atoms with Crippen molar-refractivity contribution in [1.82, 2.24) is 0 Å². The summed E-state index contributed by atoms with van der Waals surface area (Å²) in [7, 11) is 1.54. The lowest BCUT2D eigenvalue weighted by Gasteiger charge is -2.10. The van der Waals surface area contributed by atoms with Gasteiger partial charge in [0.15, 0.2) is 0 Å². The van der Waals surface area contributed by atoms with Gasteiger partial charge in [0, 0.05) is 6.07 Å². The fourth-order valence-corrected chi connectivity index (χ4v) is 1.62. The van der Waals surface area contributed by atoms with E-state index in [1.54, 1.807) is 37.4 Å². The number of ether oxygens (including phenoxy) is 1. The van der Waals surface area contributed by atoms with Gasteiger partial charge in [-0.25, -0.2) is 0 Å². The number of benzene rings is 1. The minimum Gasteiger partial charge on any atom is -0.495 e. The Hall–Kier alpha value is -2.92. The first-order chi connectivity index (χ1) is 9.26. The minimum absolute atomic E-state index is 0.281. The molecule has 1 aromatic heterocycles. The van der Waals surface area contributed by atoms with Gasteiger partial charge in [0.25, 0.3) is 0 Å². The maximum absolute atomic E-state index is 8.81. The molecule has 0 saturated carbocycles. The first-order valence-corrected chi connectivity index (χ1v) is 5.57. The van der Waals surface area contributed by atoms with Crippen molar-refractivity contribution in [2.75, 3.05) is 12.4 Å². The highest BCUT2D eigenvalue weighted by Gasteiger charge is 2.06. The first kappa shape index (κ1) is 12.5. The molecule has 0 fully saturated rings. The number of nitrogens with zero attached hydrogens (tertiary/aromatic N) is 2. The minimum atomic E-state index is 0.281. The van der Waals surface area contributed by atoms with E-state index in [1.165, 1.54) is 0 Å². The van der Waals surface area contributed by atoms with Gasteiger partial charge in [0.05, 0.1) is 31.0 Å². The van der Waals surface area contributed by atoms with E-state index in [2.05, 4.69) is 11.4 Å². The van der Waals surface area contributed by atoms with E-state index in [9.17, 15) is 0 Å². The molecule has 0 saturated heterocycles. The number of furan rings is 1. The van der Waals surface area contributed by atoms with Gasteiger partial charge in [-0.05, 0) is 24.3 Å².